The van der Waals surface area contributed by atoms with Crippen LogP contribution in [0.2, 0.25) is 0 Å². The van der Waals surface area contributed by atoms with E-state index in [0.717, 1.165) is 11.7 Å². The van der Waals surface area contributed by atoms with Crippen molar-refractivity contribution in [3.8, 4) is 0 Å². The summed E-state index contributed by atoms with van der Waals surface area (Å²) in [7, 11) is 0. The Kier molecular flexibility index (Phi) is 5.66. The molecule has 1 heterocycles. The molecule has 0 radical (unpaired) electrons. The summed E-state index contributed by atoms with van der Waals surface area (Å²) in [6.45, 7) is 13.2. The van der Waals surface area contributed by atoms with Gasteiger partial charge >= 0.3 is 0 Å². The Labute approximate surface area is 107 Å². The van der Waals surface area contributed by atoms with Crippen molar-refractivity contribution in [2.45, 2.75) is 47.0 Å². The van der Waals surface area contributed by atoms with E-state index in [2.05, 4.69) is 45.2 Å². The first-order valence-corrected chi connectivity index (χ1v) is 7.40. The Balaban J connectivity index is 2.45. The Hall–Kier alpha value is 0.310. The molecular weight excluding hydrogens is 214 g/mol. The normalized spacial score (nSPS) is 26.4. The molecular formula is C14H29NS. The number of rotatable bonds is 3. The molecule has 1 fully saturated rings. The fraction of sp³-hybridized carbons (Fsp3) is 1.00. The molecule has 1 saturated heterocycles. The number of thiol groups is 1. The highest BCUT2D eigenvalue weighted by Crippen LogP contribution is 2.28. The third kappa shape index (κ3) is 4.67. The lowest BCUT2D eigenvalue weighted by molar-refractivity contribution is 0.167. The lowest BCUT2D eigenvalue weighted by atomic mass is 9.81. The van der Waals surface area contributed by atoms with Crippen molar-refractivity contribution >= 4 is 12.6 Å². The summed E-state index contributed by atoms with van der Waals surface area (Å²) < 4.78 is 0. The highest BCUT2D eigenvalue weighted by atomic mass is 32.1. The highest BCUT2D eigenvalue weighted by Gasteiger charge is 2.26. The molecule has 1 nitrogen and oxygen atoms in total. The van der Waals surface area contributed by atoms with Gasteiger partial charge in [0, 0.05) is 6.54 Å². The summed E-state index contributed by atoms with van der Waals surface area (Å²) >= 11 is 4.53. The smallest absolute Gasteiger partial charge is 0.00225 e. The first-order valence-electron chi connectivity index (χ1n) is 6.76. The number of nitrogens with zero attached hydrogens (tertiary/aromatic N) is 1. The van der Waals surface area contributed by atoms with E-state index in [9.17, 15) is 0 Å². The Morgan fingerprint density at radius 1 is 1.25 bits per heavy atom. The molecule has 0 aromatic rings. The van der Waals surface area contributed by atoms with Gasteiger partial charge in [0.2, 0.25) is 0 Å². The molecule has 1 aliphatic rings. The molecule has 0 aromatic heterocycles. The summed E-state index contributed by atoms with van der Waals surface area (Å²) in [5.74, 6) is 2.65. The first-order chi connectivity index (χ1) is 7.43. The van der Waals surface area contributed by atoms with Gasteiger partial charge in [0.05, 0.1) is 0 Å². The van der Waals surface area contributed by atoms with Gasteiger partial charge in [0.15, 0.2) is 0 Å². The van der Waals surface area contributed by atoms with E-state index < -0.39 is 0 Å². The van der Waals surface area contributed by atoms with Crippen LogP contribution in [-0.4, -0.2) is 30.3 Å². The minimum atomic E-state index is 0.389. The predicted octanol–water partition coefficient (Wildman–Crippen LogP) is 3.70. The van der Waals surface area contributed by atoms with E-state index in [1.54, 1.807) is 0 Å². The molecule has 0 N–H and O–H groups in total. The van der Waals surface area contributed by atoms with Crippen molar-refractivity contribution < 1.29 is 0 Å². The number of hydrogen-bond acceptors (Lipinski definition) is 2. The van der Waals surface area contributed by atoms with Crippen molar-refractivity contribution in [1.82, 2.24) is 4.90 Å². The first kappa shape index (κ1) is 14.4. The second-order valence-corrected chi connectivity index (χ2v) is 6.95. The minimum absolute atomic E-state index is 0.389. The summed E-state index contributed by atoms with van der Waals surface area (Å²) in [6.07, 6.45) is 4.17. The number of likely N-dealkylation sites (tertiary alicyclic amines) is 1. The van der Waals surface area contributed by atoms with Gasteiger partial charge in [-0.3, -0.25) is 0 Å². The Morgan fingerprint density at radius 3 is 2.50 bits per heavy atom. The molecule has 1 rings (SSSR count). The Morgan fingerprint density at radius 2 is 1.94 bits per heavy atom. The fourth-order valence-corrected chi connectivity index (χ4v) is 3.09. The van der Waals surface area contributed by atoms with E-state index in [0.29, 0.717) is 11.3 Å². The monoisotopic (exact) mass is 243 g/mol. The van der Waals surface area contributed by atoms with E-state index in [1.807, 2.05) is 0 Å². The lowest BCUT2D eigenvalue weighted by Gasteiger charge is -2.34. The molecule has 0 spiro atoms. The molecule has 2 atom stereocenters. The average molecular weight is 243 g/mol. The summed E-state index contributed by atoms with van der Waals surface area (Å²) in [5.41, 5.74) is 0.389. The molecule has 0 aromatic carbocycles. The van der Waals surface area contributed by atoms with Gasteiger partial charge in [0.1, 0.15) is 0 Å². The third-order valence-corrected chi connectivity index (χ3v) is 4.47. The van der Waals surface area contributed by atoms with Crippen LogP contribution in [0.25, 0.3) is 0 Å². The van der Waals surface area contributed by atoms with Crippen LogP contribution in [0.15, 0.2) is 0 Å². The SMILES string of the molecule is CC1CCCN(CC(CS)C(C)(C)C)CC1. The van der Waals surface area contributed by atoms with Gasteiger partial charge in [-0.1, -0.05) is 27.7 Å². The van der Waals surface area contributed by atoms with Gasteiger partial charge in [-0.25, -0.2) is 0 Å². The summed E-state index contributed by atoms with van der Waals surface area (Å²) in [4.78, 5) is 2.66. The van der Waals surface area contributed by atoms with Crippen molar-refractivity contribution in [3.05, 3.63) is 0 Å². The molecule has 16 heavy (non-hydrogen) atoms. The molecule has 0 bridgehead atoms. The molecule has 2 unspecified atom stereocenters. The second kappa shape index (κ2) is 6.30. The molecule has 0 aliphatic carbocycles. The zero-order valence-corrected chi connectivity index (χ0v) is 12.4. The topological polar surface area (TPSA) is 3.24 Å². The summed E-state index contributed by atoms with van der Waals surface area (Å²) in [5, 5.41) is 0. The summed E-state index contributed by atoms with van der Waals surface area (Å²) in [6, 6.07) is 0. The van der Waals surface area contributed by atoms with Crippen LogP contribution in [0.5, 0.6) is 0 Å². The van der Waals surface area contributed by atoms with Crippen LogP contribution >= 0.6 is 12.6 Å². The van der Waals surface area contributed by atoms with Crippen molar-refractivity contribution in [2.24, 2.45) is 17.3 Å². The molecule has 2 heteroatoms. The molecule has 0 amide bonds. The zero-order valence-electron chi connectivity index (χ0n) is 11.5. The Bertz CT molecular complexity index is 197. The second-order valence-electron chi connectivity index (χ2n) is 6.58. The van der Waals surface area contributed by atoms with Gasteiger partial charge in [-0.15, -0.1) is 0 Å². The quantitative estimate of drug-likeness (QED) is 0.740. The average Bonchev–Trinajstić information content (AvgIpc) is 2.38. The maximum atomic E-state index is 4.53. The van der Waals surface area contributed by atoms with E-state index in [1.165, 1.54) is 38.9 Å². The van der Waals surface area contributed by atoms with Crippen LogP contribution in [0.1, 0.15) is 47.0 Å². The maximum Gasteiger partial charge on any atom is 0.00225 e. The fourth-order valence-electron chi connectivity index (χ4n) is 2.42. The van der Waals surface area contributed by atoms with Crippen molar-refractivity contribution in [2.75, 3.05) is 25.4 Å². The van der Waals surface area contributed by atoms with Gasteiger partial charge in [0.25, 0.3) is 0 Å². The van der Waals surface area contributed by atoms with Crippen LogP contribution in [0.3, 0.4) is 0 Å². The third-order valence-electron chi connectivity index (χ3n) is 4.03. The number of hydrogen-bond donors (Lipinski definition) is 1. The predicted molar refractivity (Wildman–Crippen MR) is 76.3 cm³/mol. The van der Waals surface area contributed by atoms with Crippen molar-refractivity contribution in [3.63, 3.8) is 0 Å². The van der Waals surface area contributed by atoms with Crippen LogP contribution in [0, 0.1) is 17.3 Å². The largest absolute Gasteiger partial charge is 0.303 e. The standard InChI is InChI=1S/C14H29NS/c1-12-6-5-8-15(9-7-12)10-13(11-16)14(2,3)4/h12-13,16H,5-11H2,1-4H3. The van der Waals surface area contributed by atoms with E-state index in [-0.39, 0.29) is 0 Å². The van der Waals surface area contributed by atoms with E-state index >= 15 is 0 Å². The molecule has 1 aliphatic heterocycles. The van der Waals surface area contributed by atoms with E-state index in [4.69, 9.17) is 0 Å². The van der Waals surface area contributed by atoms with Crippen molar-refractivity contribution in [1.29, 1.82) is 0 Å². The van der Waals surface area contributed by atoms with Crippen LogP contribution in [0.4, 0.5) is 0 Å². The molecule has 0 saturated carbocycles. The molecule has 96 valence electrons. The van der Waals surface area contributed by atoms with Gasteiger partial charge in [-0.2, -0.15) is 12.6 Å². The van der Waals surface area contributed by atoms with Crippen LogP contribution in [-0.2, 0) is 0 Å². The highest BCUT2D eigenvalue weighted by molar-refractivity contribution is 7.80. The zero-order chi connectivity index (χ0) is 12.2. The maximum absolute atomic E-state index is 4.53. The van der Waals surface area contributed by atoms with Crippen LogP contribution < -0.4 is 0 Å². The van der Waals surface area contributed by atoms with Gasteiger partial charge < -0.3 is 4.90 Å². The lowest BCUT2D eigenvalue weighted by Crippen LogP contribution is -2.37. The van der Waals surface area contributed by atoms with Gasteiger partial charge in [-0.05, 0) is 55.4 Å². The minimum Gasteiger partial charge on any atom is -0.303 e.